The van der Waals surface area contributed by atoms with E-state index >= 15 is 0 Å². The standard InChI is InChI=1S/C34H44ClNO13/c1-45-25-16-26(24(35)15-23(25)33(44)49-32-31(43)30(42)27(18-37)48-34(32)46-2)47-19-21-9-7-8-20(14-21)17-36-28(39)13-12-22(38)10-5-3-4-6-11-29(40)41/h7-9,14-16,27,30-32,34,37,42-43H,3-6,10-13,17-19H2,1-2H3,(H,36,39)(H,40,41)/t27-,30-,31+,32-,34+/m1/s1. The molecule has 14 nitrogen and oxygen atoms in total. The van der Waals surface area contributed by atoms with Crippen molar-refractivity contribution in [3.8, 4) is 11.5 Å². The topological polar surface area (TPSA) is 207 Å². The molecule has 0 radical (unpaired) electrons. The molecule has 5 N–H and O–H groups in total. The monoisotopic (exact) mass is 709 g/mol. The lowest BCUT2D eigenvalue weighted by Crippen LogP contribution is -2.60. The van der Waals surface area contributed by atoms with Gasteiger partial charge in [0.2, 0.25) is 5.91 Å². The van der Waals surface area contributed by atoms with Gasteiger partial charge < -0.3 is 49.4 Å². The smallest absolute Gasteiger partial charge is 0.342 e. The van der Waals surface area contributed by atoms with Crippen LogP contribution >= 0.6 is 11.6 Å². The number of nitrogens with one attached hydrogen (secondary N) is 1. The zero-order chi connectivity index (χ0) is 35.9. The molecule has 1 heterocycles. The number of unbranched alkanes of at least 4 members (excludes halogenated alkanes) is 3. The fraction of sp³-hybridized carbons (Fsp3) is 0.529. The molecule has 1 fully saturated rings. The van der Waals surface area contributed by atoms with Gasteiger partial charge in [0.1, 0.15) is 47.8 Å². The average Bonchev–Trinajstić information content (AvgIpc) is 3.09. The van der Waals surface area contributed by atoms with Gasteiger partial charge in [0.15, 0.2) is 12.4 Å². The van der Waals surface area contributed by atoms with Crippen molar-refractivity contribution in [2.75, 3.05) is 20.8 Å². The third-order valence-electron chi connectivity index (χ3n) is 7.88. The molecule has 0 unspecified atom stereocenters. The molecule has 0 aliphatic carbocycles. The number of Topliss-reactive ketones (excluding diaryl/α,β-unsaturated/α-hetero) is 1. The fourth-order valence-electron chi connectivity index (χ4n) is 5.14. The van der Waals surface area contributed by atoms with E-state index < -0.39 is 49.3 Å². The summed E-state index contributed by atoms with van der Waals surface area (Å²) >= 11 is 6.44. The Labute approximate surface area is 289 Å². The van der Waals surface area contributed by atoms with Crippen molar-refractivity contribution in [3.05, 3.63) is 58.1 Å². The molecule has 3 rings (SSSR count). The molecule has 0 bridgehead atoms. The van der Waals surface area contributed by atoms with Crippen LogP contribution in [0.4, 0.5) is 0 Å². The largest absolute Gasteiger partial charge is 0.496 e. The second-order valence-electron chi connectivity index (χ2n) is 11.5. The average molecular weight is 710 g/mol. The van der Waals surface area contributed by atoms with Crippen LogP contribution in [0.2, 0.25) is 5.02 Å². The van der Waals surface area contributed by atoms with Crippen molar-refractivity contribution in [2.24, 2.45) is 0 Å². The number of hydrogen-bond donors (Lipinski definition) is 5. The normalized spacial score (nSPS) is 20.3. The first kappa shape index (κ1) is 39.6. The molecule has 270 valence electrons. The van der Waals surface area contributed by atoms with Crippen molar-refractivity contribution in [1.29, 1.82) is 0 Å². The summed E-state index contributed by atoms with van der Waals surface area (Å²) in [6, 6.07) is 9.98. The maximum absolute atomic E-state index is 13.1. The number of carbonyl (C=O) groups is 4. The van der Waals surface area contributed by atoms with Crippen LogP contribution in [0.3, 0.4) is 0 Å². The van der Waals surface area contributed by atoms with Crippen molar-refractivity contribution >= 4 is 35.2 Å². The first-order chi connectivity index (χ1) is 23.5. The summed E-state index contributed by atoms with van der Waals surface area (Å²) in [6.07, 6.45) is -3.42. The zero-order valence-corrected chi connectivity index (χ0v) is 28.2. The summed E-state index contributed by atoms with van der Waals surface area (Å²) in [5.41, 5.74) is 1.48. The van der Waals surface area contributed by atoms with Crippen molar-refractivity contribution in [3.63, 3.8) is 0 Å². The van der Waals surface area contributed by atoms with E-state index in [0.717, 1.165) is 24.0 Å². The summed E-state index contributed by atoms with van der Waals surface area (Å²) in [7, 11) is 2.59. The van der Waals surface area contributed by atoms with Crippen molar-refractivity contribution in [2.45, 2.75) is 95.2 Å². The van der Waals surface area contributed by atoms with E-state index in [1.54, 1.807) is 6.07 Å². The first-order valence-electron chi connectivity index (χ1n) is 15.9. The van der Waals surface area contributed by atoms with E-state index in [1.165, 1.54) is 26.4 Å². The number of aliphatic carboxylic acids is 1. The summed E-state index contributed by atoms with van der Waals surface area (Å²) in [4.78, 5) is 48.0. The van der Waals surface area contributed by atoms with Gasteiger partial charge in [-0.2, -0.15) is 0 Å². The van der Waals surface area contributed by atoms with Gasteiger partial charge >= 0.3 is 11.9 Å². The number of hydrogen-bond acceptors (Lipinski definition) is 12. The van der Waals surface area contributed by atoms with Gasteiger partial charge in [-0.05, 0) is 30.0 Å². The van der Waals surface area contributed by atoms with Crippen molar-refractivity contribution in [1.82, 2.24) is 5.32 Å². The number of ether oxygens (including phenoxy) is 5. The molecular weight excluding hydrogens is 666 g/mol. The molecule has 15 heteroatoms. The number of amides is 1. The number of rotatable bonds is 20. The Kier molecular flexibility index (Phi) is 16.2. The molecule has 5 atom stereocenters. The van der Waals surface area contributed by atoms with Gasteiger partial charge in [0.25, 0.3) is 0 Å². The number of carboxylic acid groups (broad SMARTS) is 1. The Morgan fingerprint density at radius 2 is 1.61 bits per heavy atom. The lowest BCUT2D eigenvalue weighted by atomic mass is 9.99. The van der Waals surface area contributed by atoms with Gasteiger partial charge in [-0.1, -0.05) is 48.7 Å². The van der Waals surface area contributed by atoms with E-state index in [2.05, 4.69) is 5.32 Å². The highest BCUT2D eigenvalue weighted by molar-refractivity contribution is 6.32. The van der Waals surface area contributed by atoms with Gasteiger partial charge in [0, 0.05) is 45.4 Å². The van der Waals surface area contributed by atoms with Gasteiger partial charge in [-0.25, -0.2) is 4.79 Å². The Morgan fingerprint density at radius 1 is 0.898 bits per heavy atom. The van der Waals surface area contributed by atoms with E-state index in [1.807, 2.05) is 18.2 Å². The van der Waals surface area contributed by atoms with Gasteiger partial charge in [-0.15, -0.1) is 0 Å². The van der Waals surface area contributed by atoms with E-state index in [4.69, 9.17) is 40.4 Å². The highest BCUT2D eigenvalue weighted by atomic mass is 35.5. The van der Waals surface area contributed by atoms with Crippen LogP contribution in [-0.4, -0.2) is 95.6 Å². The Bertz CT molecular complexity index is 1420. The number of carbonyl (C=O) groups excluding carboxylic acids is 3. The number of esters is 1. The molecule has 0 spiro atoms. The fourth-order valence-corrected chi connectivity index (χ4v) is 5.36. The number of ketones is 1. The maximum atomic E-state index is 13.1. The molecule has 0 aromatic heterocycles. The predicted octanol–water partition coefficient (Wildman–Crippen LogP) is 2.93. The van der Waals surface area contributed by atoms with Crippen LogP contribution in [0.25, 0.3) is 0 Å². The van der Waals surface area contributed by atoms with Crippen molar-refractivity contribution < 1.29 is 63.3 Å². The van der Waals surface area contributed by atoms with Gasteiger partial charge in [0.05, 0.1) is 18.7 Å². The minimum atomic E-state index is -1.61. The third kappa shape index (κ3) is 12.2. The summed E-state index contributed by atoms with van der Waals surface area (Å²) < 4.78 is 27.2. The number of benzene rings is 2. The SMILES string of the molecule is COc1cc(OCc2cccc(CNC(=O)CCC(=O)CCCCCCC(=O)O)c2)c(Cl)cc1C(=O)O[C@H]1[C@@H](OC)O[C@H](CO)[C@@H](O)[C@@H]1O. The van der Waals surface area contributed by atoms with Crippen LogP contribution in [0, 0.1) is 0 Å². The Hall–Kier alpha value is -3.79. The molecule has 1 saturated heterocycles. The number of aliphatic hydroxyl groups excluding tert-OH is 3. The lowest BCUT2D eigenvalue weighted by Gasteiger charge is -2.40. The molecule has 2 aromatic carbocycles. The highest BCUT2D eigenvalue weighted by Gasteiger charge is 2.47. The number of methoxy groups -OCH3 is 2. The van der Waals surface area contributed by atoms with Crippen LogP contribution < -0.4 is 14.8 Å². The molecule has 49 heavy (non-hydrogen) atoms. The highest BCUT2D eigenvalue weighted by Crippen LogP contribution is 2.35. The van der Waals surface area contributed by atoms with Crippen LogP contribution in [0.5, 0.6) is 11.5 Å². The maximum Gasteiger partial charge on any atom is 0.342 e. The van der Waals surface area contributed by atoms with Crippen LogP contribution in [0.15, 0.2) is 36.4 Å². The molecular formula is C34H44ClNO13. The lowest BCUT2D eigenvalue weighted by molar-refractivity contribution is -0.293. The molecule has 0 saturated carbocycles. The molecule has 2 aromatic rings. The molecule has 1 aliphatic heterocycles. The number of halogens is 1. The minimum absolute atomic E-state index is 0.00173. The van der Waals surface area contributed by atoms with Crippen LogP contribution in [-0.2, 0) is 41.7 Å². The number of aliphatic hydroxyl groups is 3. The summed E-state index contributed by atoms with van der Waals surface area (Å²) in [5.74, 6) is -1.75. The number of carboxylic acids is 1. The van der Waals surface area contributed by atoms with E-state index in [-0.39, 0.29) is 66.2 Å². The zero-order valence-electron chi connectivity index (χ0n) is 27.5. The second kappa shape index (κ2) is 20.0. The van der Waals surface area contributed by atoms with Crippen LogP contribution in [0.1, 0.15) is 72.9 Å². The van der Waals surface area contributed by atoms with Gasteiger partial charge in [-0.3, -0.25) is 14.4 Å². The predicted molar refractivity (Wildman–Crippen MR) is 174 cm³/mol. The molecule has 1 aliphatic rings. The second-order valence-corrected chi connectivity index (χ2v) is 11.9. The Morgan fingerprint density at radius 3 is 2.29 bits per heavy atom. The third-order valence-corrected chi connectivity index (χ3v) is 8.17. The van der Waals surface area contributed by atoms with E-state index in [9.17, 15) is 34.5 Å². The minimum Gasteiger partial charge on any atom is -0.496 e. The summed E-state index contributed by atoms with van der Waals surface area (Å²) in [5, 5.41) is 41.6. The first-order valence-corrected chi connectivity index (χ1v) is 16.3. The quantitative estimate of drug-likeness (QED) is 0.0991. The summed E-state index contributed by atoms with van der Waals surface area (Å²) in [6.45, 7) is -0.251. The van der Waals surface area contributed by atoms with E-state index in [0.29, 0.717) is 19.3 Å². The Balaban J connectivity index is 1.50. The molecule has 1 amide bonds.